The molecule has 302 valence electrons. The summed E-state index contributed by atoms with van der Waals surface area (Å²) in [6.45, 7) is 3.30. The van der Waals surface area contributed by atoms with Crippen molar-refractivity contribution in [2.45, 2.75) is 74.6 Å². The number of hydroxylamine groups is 2. The fraction of sp³-hybridized carbons (Fsp3) is 0.366. The van der Waals surface area contributed by atoms with Gasteiger partial charge in [0.25, 0.3) is 11.8 Å². The fourth-order valence-electron chi connectivity index (χ4n) is 5.55. The monoisotopic (exact) mass is 810 g/mol. The van der Waals surface area contributed by atoms with E-state index in [9.17, 15) is 26.4 Å². The van der Waals surface area contributed by atoms with Crippen molar-refractivity contribution >= 4 is 31.5 Å². The maximum absolute atomic E-state index is 12.7. The van der Waals surface area contributed by atoms with Crippen molar-refractivity contribution in [3.8, 4) is 23.0 Å². The van der Waals surface area contributed by atoms with Gasteiger partial charge in [0.1, 0.15) is 32.5 Å². The number of ether oxygens (including phenoxy) is 3. The highest BCUT2D eigenvalue weighted by Gasteiger charge is 2.44. The molecule has 0 aromatic heterocycles. The van der Waals surface area contributed by atoms with E-state index in [4.69, 9.17) is 24.3 Å². The molecule has 3 N–H and O–H groups in total. The number of rotatable bonds is 16. The molecule has 0 radical (unpaired) electrons. The predicted molar refractivity (Wildman–Crippen MR) is 212 cm³/mol. The molecule has 0 aliphatic carbocycles. The van der Waals surface area contributed by atoms with E-state index >= 15 is 0 Å². The molecule has 1 heterocycles. The molecule has 56 heavy (non-hydrogen) atoms. The van der Waals surface area contributed by atoms with Crippen LogP contribution in [0.2, 0.25) is 0 Å². The van der Waals surface area contributed by atoms with E-state index in [-0.39, 0.29) is 12.8 Å². The molecule has 4 aromatic rings. The Bertz CT molecular complexity index is 2080. The van der Waals surface area contributed by atoms with Crippen LogP contribution in [0.3, 0.4) is 0 Å². The maximum atomic E-state index is 12.7. The number of carbonyl (C=O) groups is 2. The first-order chi connectivity index (χ1) is 26.5. The van der Waals surface area contributed by atoms with Gasteiger partial charge in [-0.05, 0) is 112 Å². The van der Waals surface area contributed by atoms with Crippen LogP contribution in [0.25, 0.3) is 0 Å². The van der Waals surface area contributed by atoms with Crippen LogP contribution in [0.1, 0.15) is 57.1 Å². The summed E-state index contributed by atoms with van der Waals surface area (Å²) in [6, 6.07) is 33.4. The third kappa shape index (κ3) is 12.4. The van der Waals surface area contributed by atoms with Gasteiger partial charge in [-0.1, -0.05) is 60.7 Å². The maximum Gasteiger partial charge on any atom is 0.264 e. The van der Waals surface area contributed by atoms with E-state index in [1.165, 1.54) is 19.3 Å². The highest BCUT2D eigenvalue weighted by atomic mass is 32.2. The highest BCUT2D eigenvalue weighted by molar-refractivity contribution is 7.93. The molecule has 1 aliphatic rings. The van der Waals surface area contributed by atoms with E-state index in [1.54, 1.807) is 12.1 Å². The summed E-state index contributed by atoms with van der Waals surface area (Å²) in [4.78, 5) is 29.8. The van der Waals surface area contributed by atoms with E-state index in [0.717, 1.165) is 48.0 Å². The molecular formula is C41H50N2O11S2. The zero-order valence-electron chi connectivity index (χ0n) is 32.0. The molecular weight excluding hydrogens is 761 g/mol. The van der Waals surface area contributed by atoms with Crippen molar-refractivity contribution < 1.29 is 50.7 Å². The van der Waals surface area contributed by atoms with Crippen molar-refractivity contribution in [1.29, 1.82) is 0 Å². The summed E-state index contributed by atoms with van der Waals surface area (Å²) in [5, 5.41) is 8.83. The van der Waals surface area contributed by atoms with Crippen LogP contribution >= 0.6 is 0 Å². The lowest BCUT2D eigenvalue weighted by Gasteiger charge is -2.28. The number of aryl methyl sites for hydroxylation is 2. The zero-order valence-corrected chi connectivity index (χ0v) is 33.6. The molecule has 3 atom stereocenters. The van der Waals surface area contributed by atoms with Crippen molar-refractivity contribution in [2.24, 2.45) is 0 Å². The number of benzene rings is 4. The van der Waals surface area contributed by atoms with Gasteiger partial charge in [-0.25, -0.2) is 32.6 Å². The first-order valence-corrected chi connectivity index (χ1v) is 21.9. The predicted octanol–water partition coefficient (Wildman–Crippen LogP) is 6.51. The Kier molecular flexibility index (Phi) is 15.6. The Morgan fingerprint density at radius 2 is 1.07 bits per heavy atom. The largest absolute Gasteiger partial charge is 0.457 e. The van der Waals surface area contributed by atoms with Gasteiger partial charge in [0.05, 0.1) is 0 Å². The molecule has 2 amide bonds. The summed E-state index contributed by atoms with van der Waals surface area (Å²) < 4.78 is 62.4. The third-order valence-electron chi connectivity index (χ3n) is 9.71. The Labute approximate surface area is 329 Å². The molecule has 3 unspecified atom stereocenters. The molecule has 4 aromatic carbocycles. The second-order valence-corrected chi connectivity index (χ2v) is 18.8. The minimum atomic E-state index is -3.69. The van der Waals surface area contributed by atoms with Crippen molar-refractivity contribution in [2.75, 3.05) is 19.1 Å². The normalized spacial score (nSPS) is 16.5. The van der Waals surface area contributed by atoms with Crippen molar-refractivity contribution in [1.82, 2.24) is 11.0 Å². The van der Waals surface area contributed by atoms with E-state index in [1.807, 2.05) is 97.1 Å². The Morgan fingerprint density at radius 3 is 1.45 bits per heavy atom. The molecule has 1 fully saturated rings. The third-order valence-corrected chi connectivity index (χ3v) is 13.8. The molecule has 1 aliphatic heterocycles. The first kappa shape index (κ1) is 43.9. The fourth-order valence-corrected chi connectivity index (χ4v) is 7.25. The standard InChI is InChI=1S/C23H29NO6S.C18H21NO5S/c1-23(31(2,26)27,22(25)24-30-21-10-6-7-17-28-21)16-15-18-11-13-20(14-12-18)29-19-8-4-3-5-9-19;1-18(17(20)19-21,25(2,22)23)13-12-14-8-10-16(11-9-14)24-15-6-4-3-5-7-15/h3-5,8-9,11-14,21H,6-7,10,15-17H2,1-2H3,(H,24,25);3-11,21H,12-13H2,1-2H3,(H,19,20). The van der Waals surface area contributed by atoms with Gasteiger partial charge in [0, 0.05) is 25.5 Å². The number of sulfone groups is 2. The molecule has 0 spiro atoms. The lowest BCUT2D eigenvalue weighted by atomic mass is 9.99. The summed E-state index contributed by atoms with van der Waals surface area (Å²) in [5.41, 5.74) is 5.52. The van der Waals surface area contributed by atoms with Crippen LogP contribution in [-0.2, 0) is 51.7 Å². The number of hydrogen-bond donors (Lipinski definition) is 3. The van der Waals surface area contributed by atoms with Crippen LogP contribution in [0, 0.1) is 0 Å². The van der Waals surface area contributed by atoms with Gasteiger partial charge in [-0.3, -0.25) is 14.8 Å². The van der Waals surface area contributed by atoms with E-state index in [0.29, 0.717) is 37.4 Å². The molecule has 15 heteroatoms. The lowest BCUT2D eigenvalue weighted by molar-refractivity contribution is -0.201. The SMILES string of the molecule is CC(CCc1ccc(Oc2ccccc2)cc1)(C(=O)NO)S(C)(=O)=O.CC(CCc1ccc(Oc2ccccc2)cc1)(C(=O)NOC1CCCCO1)S(C)(=O)=O. The van der Waals surface area contributed by atoms with E-state index < -0.39 is 47.3 Å². The van der Waals surface area contributed by atoms with Crippen LogP contribution in [0.4, 0.5) is 0 Å². The number of para-hydroxylation sites is 2. The molecule has 13 nitrogen and oxygen atoms in total. The topological polar surface area (TPSA) is 184 Å². The van der Waals surface area contributed by atoms with E-state index in [2.05, 4.69) is 5.48 Å². The van der Waals surface area contributed by atoms with Crippen LogP contribution in [0.5, 0.6) is 23.0 Å². The van der Waals surface area contributed by atoms with Crippen LogP contribution in [-0.4, -0.2) is 68.8 Å². The van der Waals surface area contributed by atoms with Crippen LogP contribution in [0.15, 0.2) is 109 Å². The number of hydrogen-bond acceptors (Lipinski definition) is 11. The number of amides is 2. The Balaban J connectivity index is 0.000000255. The Hall–Kier alpha value is -4.80. The number of nitrogens with one attached hydrogen (secondary N) is 2. The van der Waals surface area contributed by atoms with Gasteiger partial charge in [0.2, 0.25) is 0 Å². The van der Waals surface area contributed by atoms with Gasteiger partial charge < -0.3 is 14.2 Å². The number of carbonyl (C=O) groups excluding carboxylic acids is 2. The molecule has 0 saturated carbocycles. The van der Waals surface area contributed by atoms with Crippen LogP contribution < -0.4 is 20.4 Å². The van der Waals surface area contributed by atoms with Gasteiger partial charge in [-0.2, -0.15) is 0 Å². The average molecular weight is 811 g/mol. The minimum Gasteiger partial charge on any atom is -0.457 e. The second kappa shape index (κ2) is 19.9. The lowest BCUT2D eigenvalue weighted by Crippen LogP contribution is -2.51. The minimum absolute atomic E-state index is 0.0527. The highest BCUT2D eigenvalue weighted by Crippen LogP contribution is 2.28. The van der Waals surface area contributed by atoms with Gasteiger partial charge in [-0.15, -0.1) is 0 Å². The smallest absolute Gasteiger partial charge is 0.264 e. The summed E-state index contributed by atoms with van der Waals surface area (Å²) >= 11 is 0. The quantitative estimate of drug-likeness (QED) is 0.0829. The zero-order chi connectivity index (χ0) is 40.8. The average Bonchev–Trinajstić information content (AvgIpc) is 3.19. The molecule has 1 saturated heterocycles. The summed E-state index contributed by atoms with van der Waals surface area (Å²) in [7, 11) is -7.38. The summed E-state index contributed by atoms with van der Waals surface area (Å²) in [6.07, 6.45) is 5.00. The Morgan fingerprint density at radius 1 is 0.661 bits per heavy atom. The molecule has 0 bridgehead atoms. The van der Waals surface area contributed by atoms with Gasteiger partial charge in [0.15, 0.2) is 26.0 Å². The van der Waals surface area contributed by atoms with Crippen molar-refractivity contribution in [3.63, 3.8) is 0 Å². The molecule has 5 rings (SSSR count). The van der Waals surface area contributed by atoms with Gasteiger partial charge >= 0.3 is 0 Å². The summed E-state index contributed by atoms with van der Waals surface area (Å²) in [5.74, 6) is 1.18. The van der Waals surface area contributed by atoms with Crippen molar-refractivity contribution in [3.05, 3.63) is 120 Å². The first-order valence-electron chi connectivity index (χ1n) is 18.1. The second-order valence-electron chi connectivity index (χ2n) is 13.9.